The van der Waals surface area contributed by atoms with E-state index in [1.807, 2.05) is 18.2 Å². The Bertz CT molecular complexity index is 433. The van der Waals surface area contributed by atoms with Gasteiger partial charge in [0.15, 0.2) is 0 Å². The summed E-state index contributed by atoms with van der Waals surface area (Å²) in [4.78, 5) is 3.21. The molecule has 0 saturated carbocycles. The standard InChI is InChI=1S/C13H19BrN2OS/c14-11-4-5-13(12(15)10-11)18(17)9-3-8-16-6-1-2-7-16/h4-5,10H,1-3,6-9,15H2. The molecular weight excluding hydrogens is 312 g/mol. The summed E-state index contributed by atoms with van der Waals surface area (Å²) in [7, 11) is -0.976. The number of benzene rings is 1. The third-order valence-electron chi connectivity index (χ3n) is 3.22. The van der Waals surface area contributed by atoms with Crippen molar-refractivity contribution >= 4 is 32.4 Å². The first-order valence-corrected chi connectivity index (χ1v) is 8.44. The molecule has 0 amide bonds. The molecular formula is C13H19BrN2OS. The molecule has 0 radical (unpaired) electrons. The van der Waals surface area contributed by atoms with Crippen LogP contribution in [0, 0.1) is 0 Å². The van der Waals surface area contributed by atoms with Crippen molar-refractivity contribution in [2.45, 2.75) is 24.2 Å². The third kappa shape index (κ3) is 3.80. The quantitative estimate of drug-likeness (QED) is 0.844. The van der Waals surface area contributed by atoms with E-state index in [1.165, 1.54) is 25.9 Å². The lowest BCUT2D eigenvalue weighted by Crippen LogP contribution is -2.21. The lowest BCUT2D eigenvalue weighted by Gasteiger charge is -2.14. The molecule has 5 heteroatoms. The summed E-state index contributed by atoms with van der Waals surface area (Å²) in [5, 5.41) is 0. The van der Waals surface area contributed by atoms with Gasteiger partial charge in [-0.1, -0.05) is 15.9 Å². The summed E-state index contributed by atoms with van der Waals surface area (Å²) in [6, 6.07) is 5.56. The monoisotopic (exact) mass is 330 g/mol. The predicted octanol–water partition coefficient (Wildman–Crippen LogP) is 2.62. The van der Waals surface area contributed by atoms with Crippen molar-refractivity contribution in [3.63, 3.8) is 0 Å². The highest BCUT2D eigenvalue weighted by Crippen LogP contribution is 2.22. The molecule has 1 aromatic carbocycles. The summed E-state index contributed by atoms with van der Waals surface area (Å²) >= 11 is 3.36. The second-order valence-corrected chi connectivity index (χ2v) is 7.09. The van der Waals surface area contributed by atoms with Gasteiger partial charge in [-0.3, -0.25) is 4.21 Å². The van der Waals surface area contributed by atoms with Gasteiger partial charge in [0.25, 0.3) is 0 Å². The van der Waals surface area contributed by atoms with E-state index in [4.69, 9.17) is 5.73 Å². The molecule has 1 aliphatic heterocycles. The summed E-state index contributed by atoms with van der Waals surface area (Å²) in [6.45, 7) is 3.46. The Labute approximate surface area is 119 Å². The van der Waals surface area contributed by atoms with Gasteiger partial charge in [0.2, 0.25) is 0 Å². The van der Waals surface area contributed by atoms with Gasteiger partial charge in [0, 0.05) is 15.9 Å². The highest BCUT2D eigenvalue weighted by Gasteiger charge is 2.12. The topological polar surface area (TPSA) is 46.3 Å². The third-order valence-corrected chi connectivity index (χ3v) is 5.23. The molecule has 2 N–H and O–H groups in total. The van der Waals surface area contributed by atoms with Crippen LogP contribution in [0.3, 0.4) is 0 Å². The minimum atomic E-state index is -0.976. The van der Waals surface area contributed by atoms with Gasteiger partial charge in [0.1, 0.15) is 0 Å². The van der Waals surface area contributed by atoms with E-state index in [0.29, 0.717) is 11.4 Å². The van der Waals surface area contributed by atoms with Crippen molar-refractivity contribution in [2.75, 3.05) is 31.1 Å². The first kappa shape index (κ1) is 14.0. The maximum Gasteiger partial charge on any atom is 0.0618 e. The number of nitrogens with two attached hydrogens (primary N) is 1. The zero-order valence-electron chi connectivity index (χ0n) is 10.4. The lowest BCUT2D eigenvalue weighted by atomic mass is 10.3. The number of rotatable bonds is 5. The van der Waals surface area contributed by atoms with Crippen LogP contribution in [-0.4, -0.2) is 34.5 Å². The molecule has 1 saturated heterocycles. The average Bonchev–Trinajstić information content (AvgIpc) is 2.81. The summed E-state index contributed by atoms with van der Waals surface area (Å²) in [5.74, 6) is 0.697. The van der Waals surface area contributed by atoms with E-state index in [0.717, 1.165) is 22.3 Å². The van der Waals surface area contributed by atoms with Crippen molar-refractivity contribution in [2.24, 2.45) is 0 Å². The van der Waals surface area contributed by atoms with Crippen LogP contribution in [0.2, 0.25) is 0 Å². The molecule has 0 spiro atoms. The van der Waals surface area contributed by atoms with E-state index >= 15 is 0 Å². The number of nitrogen functional groups attached to an aromatic ring is 1. The van der Waals surface area contributed by atoms with Gasteiger partial charge >= 0.3 is 0 Å². The molecule has 1 fully saturated rings. The van der Waals surface area contributed by atoms with Gasteiger partial charge in [-0.05, 0) is 57.1 Å². The molecule has 100 valence electrons. The molecule has 3 nitrogen and oxygen atoms in total. The summed E-state index contributed by atoms with van der Waals surface area (Å²) in [6.07, 6.45) is 3.59. The van der Waals surface area contributed by atoms with Gasteiger partial charge in [-0.2, -0.15) is 0 Å². The molecule has 1 aliphatic rings. The van der Waals surface area contributed by atoms with Crippen LogP contribution in [-0.2, 0) is 10.8 Å². The molecule has 0 bridgehead atoms. The Morgan fingerprint density at radius 2 is 2.06 bits per heavy atom. The second-order valence-electron chi connectivity index (χ2n) is 4.63. The van der Waals surface area contributed by atoms with Crippen LogP contribution in [0.25, 0.3) is 0 Å². The molecule has 0 aliphatic carbocycles. The smallest absolute Gasteiger partial charge is 0.0618 e. The number of hydrogen-bond donors (Lipinski definition) is 1. The predicted molar refractivity (Wildman–Crippen MR) is 80.1 cm³/mol. The fraction of sp³-hybridized carbons (Fsp3) is 0.538. The SMILES string of the molecule is Nc1cc(Br)ccc1S(=O)CCCN1CCCC1. The number of anilines is 1. The number of nitrogens with zero attached hydrogens (tertiary/aromatic N) is 1. The van der Waals surface area contributed by atoms with Gasteiger partial charge in [-0.15, -0.1) is 0 Å². The Kier molecular flexibility index (Phi) is 5.21. The molecule has 1 unspecified atom stereocenters. The van der Waals surface area contributed by atoms with Crippen LogP contribution in [0.5, 0.6) is 0 Å². The summed E-state index contributed by atoms with van der Waals surface area (Å²) < 4.78 is 13.1. The molecule has 0 aromatic heterocycles. The normalized spacial score (nSPS) is 18.1. The number of halogens is 1. The molecule has 1 heterocycles. The number of likely N-dealkylation sites (tertiary alicyclic amines) is 1. The van der Waals surface area contributed by atoms with E-state index < -0.39 is 10.8 Å². The fourth-order valence-corrected chi connectivity index (χ4v) is 3.79. The van der Waals surface area contributed by atoms with E-state index in [9.17, 15) is 4.21 Å². The maximum atomic E-state index is 12.1. The van der Waals surface area contributed by atoms with Gasteiger partial charge in [0.05, 0.1) is 15.7 Å². The largest absolute Gasteiger partial charge is 0.398 e. The van der Waals surface area contributed by atoms with Crippen molar-refractivity contribution in [3.05, 3.63) is 22.7 Å². The van der Waals surface area contributed by atoms with Gasteiger partial charge in [-0.25, -0.2) is 0 Å². The highest BCUT2D eigenvalue weighted by atomic mass is 79.9. The molecule has 18 heavy (non-hydrogen) atoms. The van der Waals surface area contributed by atoms with Crippen molar-refractivity contribution < 1.29 is 4.21 Å². The van der Waals surface area contributed by atoms with Crippen molar-refractivity contribution in [1.29, 1.82) is 0 Å². The van der Waals surface area contributed by atoms with Crippen LogP contribution in [0.4, 0.5) is 5.69 Å². The van der Waals surface area contributed by atoms with Crippen LogP contribution in [0.1, 0.15) is 19.3 Å². The Hall–Kier alpha value is -0.390. The molecule has 1 aromatic rings. The van der Waals surface area contributed by atoms with Crippen LogP contribution in [0.15, 0.2) is 27.6 Å². The Morgan fingerprint density at radius 1 is 1.33 bits per heavy atom. The second kappa shape index (κ2) is 6.68. The van der Waals surface area contributed by atoms with E-state index in [-0.39, 0.29) is 0 Å². The Balaban J connectivity index is 1.83. The van der Waals surface area contributed by atoms with Crippen molar-refractivity contribution in [1.82, 2.24) is 4.90 Å². The first-order valence-electron chi connectivity index (χ1n) is 6.32. The Morgan fingerprint density at radius 3 is 2.72 bits per heavy atom. The summed E-state index contributed by atoms with van der Waals surface area (Å²) in [5.41, 5.74) is 6.50. The van der Waals surface area contributed by atoms with E-state index in [2.05, 4.69) is 20.8 Å². The van der Waals surface area contributed by atoms with E-state index in [1.54, 1.807) is 0 Å². The highest BCUT2D eigenvalue weighted by molar-refractivity contribution is 9.10. The van der Waals surface area contributed by atoms with Crippen LogP contribution >= 0.6 is 15.9 Å². The number of hydrogen-bond acceptors (Lipinski definition) is 3. The average molecular weight is 331 g/mol. The zero-order chi connectivity index (χ0) is 13.0. The molecule has 1 atom stereocenters. The fourth-order valence-electron chi connectivity index (χ4n) is 2.26. The minimum Gasteiger partial charge on any atom is -0.398 e. The van der Waals surface area contributed by atoms with Gasteiger partial charge < -0.3 is 10.6 Å². The molecule has 2 rings (SSSR count). The zero-order valence-corrected chi connectivity index (χ0v) is 12.8. The lowest BCUT2D eigenvalue weighted by molar-refractivity contribution is 0.340. The maximum absolute atomic E-state index is 12.1. The van der Waals surface area contributed by atoms with Crippen LogP contribution < -0.4 is 5.73 Å². The minimum absolute atomic E-state index is 0.615. The van der Waals surface area contributed by atoms with Crippen molar-refractivity contribution in [3.8, 4) is 0 Å². The first-order chi connectivity index (χ1) is 8.66.